The topological polar surface area (TPSA) is 160 Å². The number of aryl methyl sites for hydroxylation is 3. The number of furan rings is 1. The van der Waals surface area contributed by atoms with Crippen molar-refractivity contribution in [3.63, 3.8) is 0 Å². The fraction of sp³-hybridized carbons (Fsp3) is 0.256. The smallest absolute Gasteiger partial charge is 0.328 e. The molecule has 2 N–H and O–H groups in total. The standard InChI is InChI=1S/C39H35N9O5/c1-22-16-24(17-31-36(22)47(4)39(52)46(31)3)48-15-14-45(2)30-19-29(43-21-32(30)48)23-7-9-28(42-20-23)38(51)41-12-5-6-25-18-27-33(53-25)11-13-40-35(27)26-8-10-34(49)44-37(26)50/h7,9,11,13,16-21,26H,8,10,12,14-15H2,1-4H3,(H,41,51)(H,44,49,50). The minimum absolute atomic E-state index is 0.0554. The van der Waals surface area contributed by atoms with Gasteiger partial charge < -0.3 is 19.5 Å². The summed E-state index contributed by atoms with van der Waals surface area (Å²) in [5.41, 5.74) is 8.53. The monoisotopic (exact) mass is 709 g/mol. The Bertz CT molecular complexity index is 2610. The Labute approximate surface area is 303 Å². The average Bonchev–Trinajstić information content (AvgIpc) is 3.68. The second kappa shape index (κ2) is 13.1. The molecule has 266 valence electrons. The van der Waals surface area contributed by atoms with Crippen LogP contribution in [0, 0.1) is 18.8 Å². The first-order chi connectivity index (χ1) is 25.6. The second-order valence-corrected chi connectivity index (χ2v) is 13.3. The van der Waals surface area contributed by atoms with E-state index in [9.17, 15) is 19.2 Å². The predicted octanol–water partition coefficient (Wildman–Crippen LogP) is 3.67. The molecule has 1 saturated heterocycles. The molecular formula is C39H35N9O5. The lowest BCUT2D eigenvalue weighted by atomic mass is 9.92. The number of imidazole rings is 1. The van der Waals surface area contributed by atoms with E-state index in [1.54, 1.807) is 53.8 Å². The Morgan fingerprint density at radius 1 is 0.981 bits per heavy atom. The molecule has 3 amide bonds. The number of hydrogen-bond donors (Lipinski definition) is 2. The summed E-state index contributed by atoms with van der Waals surface area (Å²) in [6.45, 7) is 3.63. The third kappa shape index (κ3) is 5.95. The number of anilines is 3. The van der Waals surface area contributed by atoms with Crippen LogP contribution in [0.5, 0.6) is 0 Å². The van der Waals surface area contributed by atoms with Gasteiger partial charge in [-0.2, -0.15) is 0 Å². The third-order valence-corrected chi connectivity index (χ3v) is 9.96. The Kier molecular flexibility index (Phi) is 8.25. The summed E-state index contributed by atoms with van der Waals surface area (Å²) in [7, 11) is 5.64. The first kappa shape index (κ1) is 33.4. The zero-order valence-electron chi connectivity index (χ0n) is 29.6. The highest BCUT2D eigenvalue weighted by Gasteiger charge is 2.31. The molecule has 8 rings (SSSR count). The molecule has 0 saturated carbocycles. The van der Waals surface area contributed by atoms with Gasteiger partial charge in [-0.15, -0.1) is 0 Å². The number of carbonyl (C=O) groups is 3. The van der Waals surface area contributed by atoms with Crippen LogP contribution in [0.4, 0.5) is 17.1 Å². The van der Waals surface area contributed by atoms with Gasteiger partial charge in [-0.05, 0) is 61.2 Å². The number of nitrogens with one attached hydrogen (secondary N) is 2. The quantitative estimate of drug-likeness (QED) is 0.200. The average molecular weight is 710 g/mol. The molecule has 7 heterocycles. The van der Waals surface area contributed by atoms with E-state index in [1.807, 2.05) is 32.3 Å². The fourth-order valence-electron chi connectivity index (χ4n) is 7.19. The number of benzene rings is 1. The van der Waals surface area contributed by atoms with Gasteiger partial charge in [0.05, 0.1) is 52.5 Å². The van der Waals surface area contributed by atoms with Crippen molar-refractivity contribution in [2.75, 3.05) is 36.5 Å². The Balaban J connectivity index is 0.949. The van der Waals surface area contributed by atoms with E-state index in [2.05, 4.69) is 54.4 Å². The summed E-state index contributed by atoms with van der Waals surface area (Å²) >= 11 is 0. The number of imide groups is 1. The highest BCUT2D eigenvalue weighted by molar-refractivity contribution is 6.02. The van der Waals surface area contributed by atoms with E-state index in [0.29, 0.717) is 28.8 Å². The van der Waals surface area contributed by atoms with E-state index in [1.165, 1.54) is 0 Å². The van der Waals surface area contributed by atoms with Crippen LogP contribution in [-0.2, 0) is 23.7 Å². The van der Waals surface area contributed by atoms with Crippen molar-refractivity contribution in [1.82, 2.24) is 34.7 Å². The molecule has 0 aliphatic carbocycles. The predicted molar refractivity (Wildman–Crippen MR) is 199 cm³/mol. The van der Waals surface area contributed by atoms with Crippen LogP contribution in [0.2, 0.25) is 0 Å². The molecule has 0 spiro atoms. The Morgan fingerprint density at radius 3 is 2.62 bits per heavy atom. The number of carbonyl (C=O) groups excluding carboxylic acids is 3. The number of amides is 3. The normalized spacial score (nSPS) is 15.7. The van der Waals surface area contributed by atoms with Gasteiger partial charge in [-0.1, -0.05) is 5.92 Å². The maximum absolute atomic E-state index is 12.9. The summed E-state index contributed by atoms with van der Waals surface area (Å²) in [6, 6.07) is 13.1. The summed E-state index contributed by atoms with van der Waals surface area (Å²) < 4.78 is 9.20. The summed E-state index contributed by atoms with van der Waals surface area (Å²) in [6.07, 6.45) is 5.68. The third-order valence-electron chi connectivity index (χ3n) is 9.96. The van der Waals surface area contributed by atoms with Crippen molar-refractivity contribution in [2.45, 2.75) is 25.7 Å². The largest absolute Gasteiger partial charge is 0.448 e. The molecule has 5 aromatic heterocycles. The summed E-state index contributed by atoms with van der Waals surface area (Å²) in [5.74, 6) is 4.59. The van der Waals surface area contributed by atoms with Crippen LogP contribution < -0.4 is 26.1 Å². The molecule has 14 nitrogen and oxygen atoms in total. The van der Waals surface area contributed by atoms with Crippen molar-refractivity contribution in [3.05, 3.63) is 94.3 Å². The van der Waals surface area contributed by atoms with Gasteiger partial charge in [0.2, 0.25) is 11.8 Å². The molecule has 6 aromatic rings. The minimum atomic E-state index is -0.548. The number of fused-ring (bicyclic) bond motifs is 3. The zero-order valence-corrected chi connectivity index (χ0v) is 29.6. The highest BCUT2D eigenvalue weighted by Crippen LogP contribution is 2.40. The fourth-order valence-corrected chi connectivity index (χ4v) is 7.19. The van der Waals surface area contributed by atoms with E-state index in [-0.39, 0.29) is 42.1 Å². The number of likely N-dealkylation sites (N-methyl/N-ethyl adjacent to an activating group) is 1. The number of rotatable bonds is 5. The number of aromatic nitrogens is 5. The maximum Gasteiger partial charge on any atom is 0.328 e. The molecule has 1 unspecified atom stereocenters. The van der Waals surface area contributed by atoms with Gasteiger partial charge in [-0.25, -0.2) is 4.79 Å². The molecule has 1 atom stereocenters. The number of pyridine rings is 3. The molecule has 0 radical (unpaired) electrons. The first-order valence-electron chi connectivity index (χ1n) is 17.2. The molecule has 2 aliphatic rings. The molecular weight excluding hydrogens is 674 g/mol. The summed E-state index contributed by atoms with van der Waals surface area (Å²) in [5, 5.41) is 5.79. The Morgan fingerprint density at radius 2 is 1.83 bits per heavy atom. The number of piperidine rings is 1. The van der Waals surface area contributed by atoms with E-state index in [4.69, 9.17) is 9.40 Å². The second-order valence-electron chi connectivity index (χ2n) is 13.3. The summed E-state index contributed by atoms with van der Waals surface area (Å²) in [4.78, 5) is 67.5. The lowest BCUT2D eigenvalue weighted by molar-refractivity contribution is -0.134. The van der Waals surface area contributed by atoms with E-state index >= 15 is 0 Å². The molecule has 2 aliphatic heterocycles. The van der Waals surface area contributed by atoms with Gasteiger partial charge in [0.15, 0.2) is 5.76 Å². The van der Waals surface area contributed by atoms with Gasteiger partial charge in [0.25, 0.3) is 5.91 Å². The van der Waals surface area contributed by atoms with Crippen LogP contribution in [0.1, 0.15) is 46.3 Å². The molecule has 1 aromatic carbocycles. The van der Waals surface area contributed by atoms with Gasteiger partial charge in [0.1, 0.15) is 11.3 Å². The van der Waals surface area contributed by atoms with Crippen LogP contribution in [0.25, 0.3) is 33.3 Å². The van der Waals surface area contributed by atoms with E-state index in [0.717, 1.165) is 58.0 Å². The van der Waals surface area contributed by atoms with Crippen molar-refractivity contribution in [2.24, 2.45) is 14.1 Å². The van der Waals surface area contributed by atoms with Crippen molar-refractivity contribution >= 4 is 56.8 Å². The lowest BCUT2D eigenvalue weighted by Crippen LogP contribution is -2.39. The first-order valence-corrected chi connectivity index (χ1v) is 17.2. The van der Waals surface area contributed by atoms with Crippen molar-refractivity contribution < 1.29 is 18.8 Å². The molecule has 14 heteroatoms. The van der Waals surface area contributed by atoms with Crippen LogP contribution in [-0.4, -0.2) is 68.5 Å². The lowest BCUT2D eigenvalue weighted by Gasteiger charge is -2.37. The highest BCUT2D eigenvalue weighted by atomic mass is 16.3. The Hall–Kier alpha value is -6.75. The van der Waals surface area contributed by atoms with Crippen LogP contribution >= 0.6 is 0 Å². The van der Waals surface area contributed by atoms with Crippen LogP contribution in [0.3, 0.4) is 0 Å². The van der Waals surface area contributed by atoms with E-state index < -0.39 is 5.92 Å². The minimum Gasteiger partial charge on any atom is -0.448 e. The van der Waals surface area contributed by atoms with Crippen LogP contribution in [0.15, 0.2) is 70.3 Å². The maximum atomic E-state index is 12.9. The molecule has 0 bridgehead atoms. The SMILES string of the molecule is Cc1cc(N2CCN(C)c3cc(-c4ccc(C(=O)NCC#Cc5cc6c(C7CCC(=O)NC7=O)nccc6o5)nc4)ncc32)cc2c1n(C)c(=O)n2C. The number of nitrogens with zero attached hydrogens (tertiary/aromatic N) is 7. The molecule has 53 heavy (non-hydrogen) atoms. The van der Waals surface area contributed by atoms with Gasteiger partial charge in [-0.3, -0.25) is 43.8 Å². The zero-order chi connectivity index (χ0) is 37.0. The van der Waals surface area contributed by atoms with Gasteiger partial charge in [0, 0.05) is 75.8 Å². The molecule has 1 fully saturated rings. The van der Waals surface area contributed by atoms with Crippen molar-refractivity contribution in [3.8, 4) is 23.1 Å². The van der Waals surface area contributed by atoms with Gasteiger partial charge >= 0.3 is 5.69 Å². The van der Waals surface area contributed by atoms with Crippen molar-refractivity contribution in [1.29, 1.82) is 0 Å². The number of hydrogen-bond acceptors (Lipinski definition) is 10.